The van der Waals surface area contributed by atoms with Gasteiger partial charge in [-0.1, -0.05) is 12.1 Å². The van der Waals surface area contributed by atoms with Crippen molar-refractivity contribution in [3.63, 3.8) is 0 Å². The number of aromatic hydroxyl groups is 1. The van der Waals surface area contributed by atoms with Gasteiger partial charge < -0.3 is 14.6 Å². The third kappa shape index (κ3) is 4.25. The minimum atomic E-state index is -0.115. The zero-order valence-electron chi connectivity index (χ0n) is 19.5. The van der Waals surface area contributed by atoms with Gasteiger partial charge in [0.15, 0.2) is 5.76 Å². The molecule has 33 heavy (non-hydrogen) atoms. The summed E-state index contributed by atoms with van der Waals surface area (Å²) in [6.07, 6.45) is 6.45. The first-order chi connectivity index (χ1) is 16.0. The fourth-order valence-corrected chi connectivity index (χ4v) is 5.25. The molecule has 0 aliphatic carbocycles. The van der Waals surface area contributed by atoms with Crippen molar-refractivity contribution in [1.29, 1.82) is 0 Å². The van der Waals surface area contributed by atoms with E-state index >= 15 is 0 Å². The maximum atomic E-state index is 13.5. The number of rotatable bonds is 6. The number of Topliss-reactive ketones (excluding diaryl/α,β-unsaturated/α-hetero) is 1. The van der Waals surface area contributed by atoms with Gasteiger partial charge in [-0.15, -0.1) is 0 Å². The van der Waals surface area contributed by atoms with Crippen LogP contribution in [0, 0.1) is 6.92 Å². The van der Waals surface area contributed by atoms with Crippen LogP contribution in [0.2, 0.25) is 0 Å². The van der Waals surface area contributed by atoms with Crippen molar-refractivity contribution in [2.75, 3.05) is 33.3 Å². The van der Waals surface area contributed by atoms with Crippen molar-refractivity contribution in [3.05, 3.63) is 57.8 Å². The lowest BCUT2D eigenvalue weighted by Crippen LogP contribution is -2.22. The summed E-state index contributed by atoms with van der Waals surface area (Å²) in [6.45, 7) is 7.28. The maximum Gasteiger partial charge on any atom is 0.232 e. The molecule has 5 rings (SSSR count). The van der Waals surface area contributed by atoms with E-state index in [9.17, 15) is 9.90 Å². The van der Waals surface area contributed by atoms with Crippen LogP contribution in [0.1, 0.15) is 58.3 Å². The van der Waals surface area contributed by atoms with Gasteiger partial charge >= 0.3 is 0 Å². The molecule has 6 heteroatoms. The van der Waals surface area contributed by atoms with Gasteiger partial charge in [0, 0.05) is 18.7 Å². The lowest BCUT2D eigenvalue weighted by atomic mass is 9.93. The van der Waals surface area contributed by atoms with Crippen LogP contribution in [0.5, 0.6) is 17.2 Å². The summed E-state index contributed by atoms with van der Waals surface area (Å²) < 4.78 is 11.5. The first kappa shape index (κ1) is 22.0. The van der Waals surface area contributed by atoms with Gasteiger partial charge in [0.05, 0.1) is 18.2 Å². The largest absolute Gasteiger partial charge is 0.507 e. The molecule has 0 amide bonds. The van der Waals surface area contributed by atoms with Crippen LogP contribution in [0.15, 0.2) is 30.0 Å². The highest BCUT2D eigenvalue weighted by Gasteiger charge is 2.36. The molecule has 6 nitrogen and oxygen atoms in total. The number of phenols is 1. The van der Waals surface area contributed by atoms with Gasteiger partial charge in [-0.25, -0.2) is 0 Å². The Hall–Kier alpha value is -2.83. The van der Waals surface area contributed by atoms with E-state index in [1.807, 2.05) is 31.2 Å². The Labute approximate surface area is 195 Å². The van der Waals surface area contributed by atoms with E-state index in [-0.39, 0.29) is 5.78 Å². The summed E-state index contributed by atoms with van der Waals surface area (Å²) in [5.41, 5.74) is 3.88. The number of ether oxygens (including phenoxy) is 2. The number of hydrogen-bond donors (Lipinski definition) is 1. The molecule has 174 valence electrons. The van der Waals surface area contributed by atoms with Crippen molar-refractivity contribution in [1.82, 2.24) is 9.80 Å². The fraction of sp³-hybridized carbons (Fsp3) is 0.444. The number of fused-ring (bicyclic) bond motifs is 1. The molecule has 0 saturated carbocycles. The summed E-state index contributed by atoms with van der Waals surface area (Å²) >= 11 is 0. The number of allylic oxidation sites excluding steroid dienone is 1. The van der Waals surface area contributed by atoms with Crippen LogP contribution in [0.25, 0.3) is 6.08 Å². The number of benzene rings is 2. The minimum Gasteiger partial charge on any atom is -0.507 e. The molecule has 0 bridgehead atoms. The smallest absolute Gasteiger partial charge is 0.232 e. The van der Waals surface area contributed by atoms with Gasteiger partial charge in [0.1, 0.15) is 17.2 Å². The van der Waals surface area contributed by atoms with Crippen molar-refractivity contribution < 1.29 is 19.4 Å². The van der Waals surface area contributed by atoms with Crippen molar-refractivity contribution in [3.8, 4) is 17.2 Å². The quantitative estimate of drug-likeness (QED) is 0.656. The van der Waals surface area contributed by atoms with E-state index in [2.05, 4.69) is 9.80 Å². The Kier molecular flexibility index (Phi) is 6.13. The monoisotopic (exact) mass is 448 g/mol. The van der Waals surface area contributed by atoms with Gasteiger partial charge in [0.2, 0.25) is 5.78 Å². The van der Waals surface area contributed by atoms with E-state index in [0.717, 1.165) is 67.0 Å². The summed E-state index contributed by atoms with van der Waals surface area (Å²) in [5, 5.41) is 11.4. The third-order valence-corrected chi connectivity index (χ3v) is 7.12. The van der Waals surface area contributed by atoms with Crippen LogP contribution in [-0.2, 0) is 13.1 Å². The lowest BCUT2D eigenvalue weighted by Gasteiger charge is -2.23. The Morgan fingerprint density at radius 1 is 1.03 bits per heavy atom. The fourth-order valence-electron chi connectivity index (χ4n) is 5.25. The van der Waals surface area contributed by atoms with E-state index in [1.54, 1.807) is 13.2 Å². The second kappa shape index (κ2) is 9.20. The van der Waals surface area contributed by atoms with E-state index in [1.165, 1.54) is 12.8 Å². The van der Waals surface area contributed by atoms with Crippen molar-refractivity contribution >= 4 is 11.9 Å². The summed E-state index contributed by atoms with van der Waals surface area (Å²) in [4.78, 5) is 18.2. The highest BCUT2D eigenvalue weighted by molar-refractivity contribution is 6.16. The molecule has 0 spiro atoms. The van der Waals surface area contributed by atoms with Crippen LogP contribution < -0.4 is 9.47 Å². The highest BCUT2D eigenvalue weighted by Crippen LogP contribution is 2.45. The number of ketones is 1. The molecular weight excluding hydrogens is 416 g/mol. The predicted molar refractivity (Wildman–Crippen MR) is 128 cm³/mol. The molecular formula is C27H32N2O4. The molecule has 2 aromatic rings. The van der Waals surface area contributed by atoms with Crippen LogP contribution in [-0.4, -0.2) is 54.0 Å². The molecule has 0 atom stereocenters. The molecule has 2 aromatic carbocycles. The number of phenolic OH excluding ortho intramolecular Hbond substituents is 1. The predicted octanol–water partition coefficient (Wildman–Crippen LogP) is 4.52. The second-order valence-electron chi connectivity index (χ2n) is 9.32. The number of carbonyl (C=O) groups excluding carboxylic acids is 1. The first-order valence-electron chi connectivity index (χ1n) is 12.0. The normalized spacial score (nSPS) is 19.9. The Balaban J connectivity index is 1.56. The van der Waals surface area contributed by atoms with Gasteiger partial charge in [-0.2, -0.15) is 0 Å². The molecule has 2 fully saturated rings. The number of hydrogen-bond acceptors (Lipinski definition) is 6. The average molecular weight is 449 g/mol. The molecule has 1 N–H and O–H groups in total. The Bertz CT molecular complexity index is 1100. The molecule has 0 unspecified atom stereocenters. The van der Waals surface area contributed by atoms with E-state index < -0.39 is 0 Å². The number of likely N-dealkylation sites (tertiary alicyclic amines) is 2. The maximum absolute atomic E-state index is 13.5. The molecule has 3 heterocycles. The molecule has 3 aliphatic rings. The Morgan fingerprint density at radius 2 is 1.67 bits per heavy atom. The molecule has 0 aromatic heterocycles. The van der Waals surface area contributed by atoms with Gasteiger partial charge in [-0.05, 0) is 88.1 Å². The third-order valence-electron chi connectivity index (χ3n) is 7.12. The first-order valence-corrected chi connectivity index (χ1v) is 12.0. The lowest BCUT2D eigenvalue weighted by molar-refractivity contribution is 0.101. The second-order valence-corrected chi connectivity index (χ2v) is 9.32. The Morgan fingerprint density at radius 3 is 2.30 bits per heavy atom. The number of nitrogens with zero attached hydrogens (tertiary/aromatic N) is 2. The van der Waals surface area contributed by atoms with Crippen LogP contribution >= 0.6 is 0 Å². The summed E-state index contributed by atoms with van der Waals surface area (Å²) in [7, 11) is 1.62. The summed E-state index contributed by atoms with van der Waals surface area (Å²) in [6, 6.07) is 7.56. The van der Waals surface area contributed by atoms with Gasteiger partial charge in [-0.3, -0.25) is 14.6 Å². The van der Waals surface area contributed by atoms with Crippen LogP contribution in [0.4, 0.5) is 0 Å². The topological polar surface area (TPSA) is 62.2 Å². The SMILES string of the molecule is COc1cccc(C=C2Oc3c(CN4CCCC4)c(O)c(CN4CCCC4)c(C)c3C2=O)c1. The standard InChI is InChI=1S/C27H32N2O4/c1-18-21(16-28-10-3-4-11-28)25(30)22(17-29-12-5-6-13-29)27-24(18)26(31)23(33-27)15-19-8-7-9-20(14-19)32-2/h7-9,14-15,30H,3-6,10-13,16-17H2,1-2H3. The highest BCUT2D eigenvalue weighted by atomic mass is 16.5. The minimum absolute atomic E-state index is 0.115. The van der Waals surface area contributed by atoms with Crippen LogP contribution in [0.3, 0.4) is 0 Å². The molecule has 0 radical (unpaired) electrons. The molecule has 2 saturated heterocycles. The summed E-state index contributed by atoms with van der Waals surface area (Å²) in [5.74, 6) is 1.72. The van der Waals surface area contributed by atoms with E-state index in [4.69, 9.17) is 9.47 Å². The number of methoxy groups -OCH3 is 1. The number of carbonyl (C=O) groups is 1. The zero-order chi connectivity index (χ0) is 22.9. The van der Waals surface area contributed by atoms with Crippen molar-refractivity contribution in [2.24, 2.45) is 0 Å². The molecule has 3 aliphatic heterocycles. The average Bonchev–Trinajstić information content (AvgIpc) is 3.58. The zero-order valence-corrected chi connectivity index (χ0v) is 19.5. The van der Waals surface area contributed by atoms with E-state index in [0.29, 0.717) is 35.9 Å². The van der Waals surface area contributed by atoms with Crippen molar-refractivity contribution in [2.45, 2.75) is 45.7 Å². The van der Waals surface area contributed by atoms with Gasteiger partial charge in [0.25, 0.3) is 0 Å².